The maximum Gasteiger partial charge on any atom is 0.387 e. The number of alkyl halides is 2. The van der Waals surface area contributed by atoms with Crippen molar-refractivity contribution in [1.29, 1.82) is 0 Å². The summed E-state index contributed by atoms with van der Waals surface area (Å²) in [6, 6.07) is 20.7. The fourth-order valence-corrected chi connectivity index (χ4v) is 3.23. The van der Waals surface area contributed by atoms with Gasteiger partial charge in [-0.25, -0.2) is 0 Å². The van der Waals surface area contributed by atoms with Gasteiger partial charge in [0, 0.05) is 10.9 Å². The molecule has 8 heteroatoms. The minimum atomic E-state index is -2.86. The van der Waals surface area contributed by atoms with Crippen molar-refractivity contribution in [3.8, 4) is 11.5 Å². The monoisotopic (exact) mass is 423 g/mol. The summed E-state index contributed by atoms with van der Waals surface area (Å²) in [5.74, 6) is 0.807. The minimum Gasteiger partial charge on any atom is -0.497 e. The fourth-order valence-electron chi connectivity index (χ4n) is 3.23. The van der Waals surface area contributed by atoms with Gasteiger partial charge in [0.05, 0.1) is 19.2 Å². The summed E-state index contributed by atoms with van der Waals surface area (Å²) in [6.45, 7) is -2.47. The van der Waals surface area contributed by atoms with Crippen LogP contribution in [0.15, 0.2) is 72.8 Å². The normalized spacial score (nSPS) is 11.0. The van der Waals surface area contributed by atoms with Gasteiger partial charge in [0.15, 0.2) is 5.82 Å². The van der Waals surface area contributed by atoms with E-state index in [1.807, 2.05) is 24.3 Å². The van der Waals surface area contributed by atoms with Crippen LogP contribution in [0.2, 0.25) is 0 Å². The highest BCUT2D eigenvalue weighted by Gasteiger charge is 2.15. The lowest BCUT2D eigenvalue weighted by Crippen LogP contribution is -2.13. The summed E-state index contributed by atoms with van der Waals surface area (Å²) in [6.07, 6.45) is 0. The zero-order chi connectivity index (χ0) is 21.8. The van der Waals surface area contributed by atoms with E-state index in [1.54, 1.807) is 48.2 Å². The third-order valence-corrected chi connectivity index (χ3v) is 4.70. The number of anilines is 1. The maximum absolute atomic E-state index is 12.7. The fraction of sp³-hybridized carbons (Fsp3) is 0.130. The highest BCUT2D eigenvalue weighted by Crippen LogP contribution is 2.25. The van der Waals surface area contributed by atoms with Crippen LogP contribution in [0.4, 0.5) is 14.6 Å². The smallest absolute Gasteiger partial charge is 0.387 e. The molecule has 1 heterocycles. The van der Waals surface area contributed by atoms with Gasteiger partial charge in [0.1, 0.15) is 11.5 Å². The molecule has 4 aromatic rings. The SMILES string of the molecule is COc1cccc(C(=O)Nc2nn(Cc3ccc(OC(F)F)cc3)c3ccccc23)c1. The van der Waals surface area contributed by atoms with Crippen LogP contribution in [0.5, 0.6) is 11.5 Å². The molecule has 1 N–H and O–H groups in total. The number of fused-ring (bicyclic) bond motifs is 1. The van der Waals surface area contributed by atoms with E-state index in [-0.39, 0.29) is 11.7 Å². The molecular weight excluding hydrogens is 404 g/mol. The van der Waals surface area contributed by atoms with E-state index in [1.165, 1.54) is 12.1 Å². The van der Waals surface area contributed by atoms with Crippen LogP contribution < -0.4 is 14.8 Å². The Hall–Kier alpha value is -3.94. The number of aromatic nitrogens is 2. The first kappa shape index (κ1) is 20.3. The predicted molar refractivity (Wildman–Crippen MR) is 113 cm³/mol. The number of para-hydroxylation sites is 1. The Bertz CT molecular complexity index is 1210. The molecule has 0 saturated heterocycles. The molecule has 0 atom stereocenters. The molecule has 1 amide bonds. The van der Waals surface area contributed by atoms with Gasteiger partial charge < -0.3 is 14.8 Å². The van der Waals surface area contributed by atoms with Gasteiger partial charge in [-0.1, -0.05) is 30.3 Å². The third kappa shape index (κ3) is 4.63. The van der Waals surface area contributed by atoms with Gasteiger partial charge >= 0.3 is 6.61 Å². The number of amides is 1. The van der Waals surface area contributed by atoms with Crippen molar-refractivity contribution >= 4 is 22.6 Å². The first-order valence-electron chi connectivity index (χ1n) is 9.48. The number of nitrogens with one attached hydrogen (secondary N) is 1. The van der Waals surface area contributed by atoms with Gasteiger partial charge in [0.25, 0.3) is 5.91 Å². The highest BCUT2D eigenvalue weighted by atomic mass is 19.3. The first-order chi connectivity index (χ1) is 15.0. The number of benzene rings is 3. The molecule has 3 aromatic carbocycles. The number of ether oxygens (including phenoxy) is 2. The van der Waals surface area contributed by atoms with Crippen LogP contribution in [0.3, 0.4) is 0 Å². The van der Waals surface area contributed by atoms with E-state index in [2.05, 4.69) is 15.2 Å². The molecule has 0 aliphatic rings. The van der Waals surface area contributed by atoms with Gasteiger partial charge in [-0.3, -0.25) is 9.48 Å². The summed E-state index contributed by atoms with van der Waals surface area (Å²) in [4.78, 5) is 12.7. The zero-order valence-corrected chi connectivity index (χ0v) is 16.6. The first-order valence-corrected chi connectivity index (χ1v) is 9.48. The number of hydrogen-bond donors (Lipinski definition) is 1. The number of carbonyl (C=O) groups excluding carboxylic acids is 1. The van der Waals surface area contributed by atoms with E-state index < -0.39 is 6.61 Å². The molecule has 6 nitrogen and oxygen atoms in total. The van der Waals surface area contributed by atoms with Gasteiger partial charge in [-0.05, 0) is 48.0 Å². The summed E-state index contributed by atoms with van der Waals surface area (Å²) < 4.78 is 36.0. The van der Waals surface area contributed by atoms with Crippen LogP contribution in [0.25, 0.3) is 10.9 Å². The van der Waals surface area contributed by atoms with Crippen molar-refractivity contribution in [1.82, 2.24) is 9.78 Å². The van der Waals surface area contributed by atoms with Crippen LogP contribution in [0, 0.1) is 0 Å². The maximum atomic E-state index is 12.7. The van der Waals surface area contributed by atoms with Crippen LogP contribution in [0.1, 0.15) is 15.9 Å². The van der Waals surface area contributed by atoms with E-state index in [4.69, 9.17) is 4.74 Å². The number of methoxy groups -OCH3 is 1. The zero-order valence-electron chi connectivity index (χ0n) is 16.6. The van der Waals surface area contributed by atoms with Crippen LogP contribution in [-0.2, 0) is 6.54 Å². The molecule has 158 valence electrons. The second kappa shape index (κ2) is 8.83. The molecule has 0 saturated carbocycles. The van der Waals surface area contributed by atoms with Crippen molar-refractivity contribution in [2.75, 3.05) is 12.4 Å². The minimum absolute atomic E-state index is 0.0929. The van der Waals surface area contributed by atoms with Crippen molar-refractivity contribution in [2.45, 2.75) is 13.2 Å². The lowest BCUT2D eigenvalue weighted by atomic mass is 10.2. The summed E-state index contributed by atoms with van der Waals surface area (Å²) in [7, 11) is 1.54. The van der Waals surface area contributed by atoms with Gasteiger partial charge in [-0.2, -0.15) is 13.9 Å². The van der Waals surface area contributed by atoms with Crippen molar-refractivity contribution in [3.05, 3.63) is 83.9 Å². The molecular formula is C23H19F2N3O3. The van der Waals surface area contributed by atoms with E-state index in [0.29, 0.717) is 23.7 Å². The summed E-state index contributed by atoms with van der Waals surface area (Å²) >= 11 is 0. The number of hydrogen-bond acceptors (Lipinski definition) is 4. The summed E-state index contributed by atoms with van der Waals surface area (Å²) in [5.41, 5.74) is 2.13. The van der Waals surface area contributed by atoms with Gasteiger partial charge in [0.2, 0.25) is 0 Å². The summed E-state index contributed by atoms with van der Waals surface area (Å²) in [5, 5.41) is 8.21. The number of rotatable bonds is 7. The quantitative estimate of drug-likeness (QED) is 0.457. The largest absolute Gasteiger partial charge is 0.497 e. The molecule has 0 fully saturated rings. The average molecular weight is 423 g/mol. The Morgan fingerprint density at radius 2 is 1.81 bits per heavy atom. The Morgan fingerprint density at radius 3 is 2.55 bits per heavy atom. The lowest BCUT2D eigenvalue weighted by Gasteiger charge is -2.07. The molecule has 0 spiro atoms. The van der Waals surface area contributed by atoms with E-state index in [0.717, 1.165) is 16.5 Å². The number of halogens is 2. The Kier molecular flexibility index (Phi) is 5.79. The Balaban J connectivity index is 1.59. The standard InChI is InChI=1S/C23H19F2N3O3/c1-30-18-6-4-5-16(13-18)22(29)26-21-19-7-2-3-8-20(19)28(27-21)14-15-9-11-17(12-10-15)31-23(24)25/h2-13,23H,14H2,1H3,(H,26,27,29). The molecule has 4 rings (SSSR count). The number of carbonyl (C=O) groups is 1. The van der Waals surface area contributed by atoms with E-state index in [9.17, 15) is 13.6 Å². The average Bonchev–Trinajstić information content (AvgIpc) is 3.12. The molecule has 0 unspecified atom stereocenters. The topological polar surface area (TPSA) is 65.4 Å². The highest BCUT2D eigenvalue weighted by molar-refractivity contribution is 6.08. The Morgan fingerprint density at radius 1 is 1.03 bits per heavy atom. The lowest BCUT2D eigenvalue weighted by molar-refractivity contribution is -0.0498. The molecule has 1 aromatic heterocycles. The predicted octanol–water partition coefficient (Wildman–Crippen LogP) is 4.95. The van der Waals surface area contributed by atoms with Crippen LogP contribution >= 0.6 is 0 Å². The molecule has 0 aliphatic carbocycles. The molecule has 0 radical (unpaired) electrons. The molecule has 0 aliphatic heterocycles. The van der Waals surface area contributed by atoms with Gasteiger partial charge in [-0.15, -0.1) is 0 Å². The Labute approximate surface area is 177 Å². The van der Waals surface area contributed by atoms with Crippen molar-refractivity contribution in [3.63, 3.8) is 0 Å². The second-order valence-corrected chi connectivity index (χ2v) is 6.73. The molecule has 31 heavy (non-hydrogen) atoms. The molecule has 0 bridgehead atoms. The third-order valence-electron chi connectivity index (χ3n) is 4.70. The second-order valence-electron chi connectivity index (χ2n) is 6.73. The van der Waals surface area contributed by atoms with Crippen LogP contribution in [-0.4, -0.2) is 29.4 Å². The number of nitrogens with zero attached hydrogens (tertiary/aromatic N) is 2. The van der Waals surface area contributed by atoms with Crippen molar-refractivity contribution in [2.24, 2.45) is 0 Å². The van der Waals surface area contributed by atoms with E-state index >= 15 is 0 Å². The van der Waals surface area contributed by atoms with Crippen molar-refractivity contribution < 1.29 is 23.0 Å².